The van der Waals surface area contributed by atoms with Gasteiger partial charge in [-0.2, -0.15) is 0 Å². The van der Waals surface area contributed by atoms with Gasteiger partial charge in [-0.3, -0.25) is 4.79 Å². The van der Waals surface area contributed by atoms with E-state index in [-0.39, 0.29) is 12.2 Å². The summed E-state index contributed by atoms with van der Waals surface area (Å²) in [4.78, 5) is 24.2. The number of halogens is 2. The molecule has 0 saturated carbocycles. The van der Waals surface area contributed by atoms with Gasteiger partial charge in [0.15, 0.2) is 0 Å². The average molecular weight is 314 g/mol. The second kappa shape index (κ2) is 5.85. The summed E-state index contributed by atoms with van der Waals surface area (Å²) >= 11 is 12.1. The fraction of sp³-hybridized carbons (Fsp3) is 0.286. The van der Waals surface area contributed by atoms with Crippen LogP contribution in [0.5, 0.6) is 0 Å². The van der Waals surface area contributed by atoms with Crippen molar-refractivity contribution >= 4 is 40.1 Å². The molecule has 1 heterocycles. The van der Waals surface area contributed by atoms with Crippen molar-refractivity contribution in [1.82, 2.24) is 4.57 Å². The quantitative estimate of drug-likeness (QED) is 0.815. The maximum absolute atomic E-state index is 12.4. The predicted molar refractivity (Wildman–Crippen MR) is 79.9 cm³/mol. The van der Waals surface area contributed by atoms with E-state index in [2.05, 4.69) is 0 Å². The number of carbonyl (C=O) groups excluding carboxylic acids is 1. The normalized spacial score (nSPS) is 10.8. The van der Waals surface area contributed by atoms with Crippen molar-refractivity contribution in [3.63, 3.8) is 0 Å². The van der Waals surface area contributed by atoms with Crippen LogP contribution in [-0.4, -0.2) is 17.1 Å². The molecule has 0 saturated heterocycles. The van der Waals surface area contributed by atoms with Crippen LogP contribution in [0.25, 0.3) is 10.9 Å². The van der Waals surface area contributed by atoms with E-state index in [4.69, 9.17) is 27.9 Å². The lowest BCUT2D eigenvalue weighted by Gasteiger charge is -2.13. The molecule has 0 radical (unpaired) electrons. The summed E-state index contributed by atoms with van der Waals surface area (Å²) in [7, 11) is 0. The second-order valence-electron chi connectivity index (χ2n) is 4.14. The summed E-state index contributed by atoms with van der Waals surface area (Å²) in [6.45, 7) is 4.33. The lowest BCUT2D eigenvalue weighted by Crippen LogP contribution is -2.21. The molecule has 0 amide bonds. The maximum atomic E-state index is 12.4. The van der Waals surface area contributed by atoms with Gasteiger partial charge in [-0.25, -0.2) is 4.79 Å². The zero-order valence-corrected chi connectivity index (χ0v) is 12.6. The molecule has 1 aromatic carbocycles. The summed E-state index contributed by atoms with van der Waals surface area (Å²) in [5.41, 5.74) is 0.126. The Labute approximate surface area is 125 Å². The number of aromatic nitrogens is 1. The van der Waals surface area contributed by atoms with E-state index in [1.54, 1.807) is 23.6 Å². The molecule has 106 valence electrons. The lowest BCUT2D eigenvalue weighted by molar-refractivity contribution is 0.0524. The largest absolute Gasteiger partial charge is 0.462 e. The first-order chi connectivity index (χ1) is 9.51. The van der Waals surface area contributed by atoms with Crippen LogP contribution in [0, 0.1) is 0 Å². The third kappa shape index (κ3) is 2.41. The van der Waals surface area contributed by atoms with Gasteiger partial charge in [0.1, 0.15) is 5.56 Å². The van der Waals surface area contributed by atoms with Crippen molar-refractivity contribution in [2.24, 2.45) is 0 Å². The van der Waals surface area contributed by atoms with Gasteiger partial charge in [0.2, 0.25) is 5.43 Å². The number of hydrogen-bond acceptors (Lipinski definition) is 3. The van der Waals surface area contributed by atoms with Crippen molar-refractivity contribution < 1.29 is 9.53 Å². The number of nitrogens with zero attached hydrogens (tertiary/aromatic N) is 1. The Balaban J connectivity index is 2.84. The van der Waals surface area contributed by atoms with Crippen molar-refractivity contribution in [3.8, 4) is 0 Å². The Morgan fingerprint density at radius 3 is 2.60 bits per heavy atom. The van der Waals surface area contributed by atoms with E-state index >= 15 is 0 Å². The Morgan fingerprint density at radius 2 is 2.00 bits per heavy atom. The van der Waals surface area contributed by atoms with Crippen LogP contribution >= 0.6 is 23.2 Å². The number of rotatable bonds is 3. The van der Waals surface area contributed by atoms with Crippen molar-refractivity contribution in [3.05, 3.63) is 44.2 Å². The molecule has 0 atom stereocenters. The number of aryl methyl sites for hydroxylation is 1. The summed E-state index contributed by atoms with van der Waals surface area (Å²) < 4.78 is 6.62. The minimum atomic E-state index is -0.632. The van der Waals surface area contributed by atoms with E-state index in [1.807, 2.05) is 6.92 Å². The van der Waals surface area contributed by atoms with E-state index in [9.17, 15) is 9.59 Å². The van der Waals surface area contributed by atoms with Gasteiger partial charge in [0, 0.05) is 18.1 Å². The summed E-state index contributed by atoms with van der Waals surface area (Å²) in [6, 6.07) is 3.11. The third-order valence-corrected chi connectivity index (χ3v) is 3.76. The van der Waals surface area contributed by atoms with Gasteiger partial charge < -0.3 is 9.30 Å². The number of pyridine rings is 1. The highest BCUT2D eigenvalue weighted by Crippen LogP contribution is 2.29. The minimum Gasteiger partial charge on any atom is -0.462 e. The molecule has 0 aliphatic heterocycles. The Morgan fingerprint density at radius 1 is 1.30 bits per heavy atom. The molecule has 20 heavy (non-hydrogen) atoms. The Kier molecular flexibility index (Phi) is 4.35. The Bertz CT molecular complexity index is 737. The van der Waals surface area contributed by atoms with Crippen LogP contribution in [0.2, 0.25) is 10.0 Å². The van der Waals surface area contributed by atoms with Gasteiger partial charge in [0.05, 0.1) is 22.2 Å². The van der Waals surface area contributed by atoms with Crippen molar-refractivity contribution in [2.75, 3.05) is 6.61 Å². The molecule has 0 spiro atoms. The number of fused-ring (bicyclic) bond motifs is 1. The smallest absolute Gasteiger partial charge is 0.343 e. The standard InChI is InChI=1S/C14H13Cl2NO3/c1-3-17-7-9(14(19)20-4-2)13(18)8-5-6-10(15)11(16)12(8)17/h5-7H,3-4H2,1-2H3. The molecule has 0 unspecified atom stereocenters. The SMILES string of the molecule is CCOC(=O)c1cn(CC)c2c(Cl)c(Cl)ccc2c1=O. The zero-order valence-electron chi connectivity index (χ0n) is 11.1. The van der Waals surface area contributed by atoms with Crippen LogP contribution < -0.4 is 5.43 Å². The van der Waals surface area contributed by atoms with Gasteiger partial charge >= 0.3 is 5.97 Å². The molecule has 2 aromatic rings. The maximum Gasteiger partial charge on any atom is 0.343 e. The first kappa shape index (κ1) is 14.9. The van der Waals surface area contributed by atoms with Crippen LogP contribution in [0.3, 0.4) is 0 Å². The van der Waals surface area contributed by atoms with Gasteiger partial charge in [-0.15, -0.1) is 0 Å². The van der Waals surface area contributed by atoms with Gasteiger partial charge in [-0.1, -0.05) is 23.2 Å². The number of esters is 1. The summed E-state index contributed by atoms with van der Waals surface area (Å²) in [5, 5.41) is 1.02. The van der Waals surface area contributed by atoms with Crippen LogP contribution in [0.15, 0.2) is 23.1 Å². The first-order valence-corrected chi connectivity index (χ1v) is 6.95. The van der Waals surface area contributed by atoms with Crippen LogP contribution in [0.1, 0.15) is 24.2 Å². The summed E-state index contributed by atoms with van der Waals surface area (Å²) in [5.74, 6) is -0.632. The van der Waals surface area contributed by atoms with E-state index in [0.29, 0.717) is 27.5 Å². The highest BCUT2D eigenvalue weighted by molar-refractivity contribution is 6.45. The van der Waals surface area contributed by atoms with Gasteiger partial charge in [-0.05, 0) is 26.0 Å². The summed E-state index contributed by atoms with van der Waals surface area (Å²) in [6.07, 6.45) is 1.46. The van der Waals surface area contributed by atoms with Crippen molar-refractivity contribution in [1.29, 1.82) is 0 Å². The highest BCUT2D eigenvalue weighted by atomic mass is 35.5. The second-order valence-corrected chi connectivity index (χ2v) is 4.92. The van der Waals surface area contributed by atoms with Crippen LogP contribution in [-0.2, 0) is 11.3 Å². The molecule has 4 nitrogen and oxygen atoms in total. The topological polar surface area (TPSA) is 48.3 Å². The lowest BCUT2D eigenvalue weighted by atomic mass is 10.1. The minimum absolute atomic E-state index is 0.000380. The predicted octanol–water partition coefficient (Wildman–Crippen LogP) is 3.50. The molecule has 0 bridgehead atoms. The third-order valence-electron chi connectivity index (χ3n) is 2.97. The monoisotopic (exact) mass is 313 g/mol. The Hall–Kier alpha value is -1.52. The number of benzene rings is 1. The number of carbonyl (C=O) groups is 1. The number of ether oxygens (including phenoxy) is 1. The van der Waals surface area contributed by atoms with E-state index in [0.717, 1.165) is 0 Å². The molecule has 0 N–H and O–H groups in total. The molecular formula is C14H13Cl2NO3. The van der Waals surface area contributed by atoms with Gasteiger partial charge in [0.25, 0.3) is 0 Å². The molecule has 0 fully saturated rings. The fourth-order valence-corrected chi connectivity index (χ4v) is 2.46. The van der Waals surface area contributed by atoms with Crippen molar-refractivity contribution in [2.45, 2.75) is 20.4 Å². The average Bonchev–Trinajstić information content (AvgIpc) is 2.43. The molecule has 0 aliphatic carbocycles. The molecule has 2 rings (SSSR count). The van der Waals surface area contributed by atoms with E-state index < -0.39 is 11.4 Å². The molecule has 6 heteroatoms. The molecule has 0 aliphatic rings. The zero-order chi connectivity index (χ0) is 14.9. The van der Waals surface area contributed by atoms with E-state index in [1.165, 1.54) is 6.20 Å². The number of hydrogen-bond donors (Lipinski definition) is 0. The first-order valence-electron chi connectivity index (χ1n) is 6.19. The molecular weight excluding hydrogens is 301 g/mol. The molecule has 1 aromatic heterocycles. The van der Waals surface area contributed by atoms with Crippen LogP contribution in [0.4, 0.5) is 0 Å². The highest BCUT2D eigenvalue weighted by Gasteiger charge is 2.18. The fourth-order valence-electron chi connectivity index (χ4n) is 2.03.